The summed E-state index contributed by atoms with van der Waals surface area (Å²) in [5, 5.41) is 9.79. The largest absolute Gasteiger partial charge is 0.477 e. The van der Waals surface area contributed by atoms with E-state index in [0.29, 0.717) is 15.6 Å². The molecule has 0 aliphatic carbocycles. The number of halogens is 3. The molecule has 1 rings (SSSR count). The lowest BCUT2D eigenvalue weighted by Crippen LogP contribution is -2.40. The molecule has 0 bridgehead atoms. The van der Waals surface area contributed by atoms with Crippen molar-refractivity contribution in [1.29, 1.82) is 0 Å². The molecule has 1 N–H and O–H groups in total. The van der Waals surface area contributed by atoms with Crippen molar-refractivity contribution in [3.63, 3.8) is 0 Å². The molecule has 0 atom stereocenters. The quantitative estimate of drug-likeness (QED) is 0.860. The van der Waals surface area contributed by atoms with E-state index >= 15 is 0 Å². The van der Waals surface area contributed by atoms with Gasteiger partial charge in [0.05, 0.1) is 4.90 Å². The first-order valence-electron chi connectivity index (χ1n) is 5.82. The van der Waals surface area contributed by atoms with Gasteiger partial charge >= 0.3 is 12.1 Å². The third kappa shape index (κ3) is 4.97. The van der Waals surface area contributed by atoms with Gasteiger partial charge in [0.2, 0.25) is 10.0 Å². The van der Waals surface area contributed by atoms with Crippen LogP contribution < -0.4 is 0 Å². The number of aromatic carboxylic acids is 1. The van der Waals surface area contributed by atoms with Crippen LogP contribution >= 0.6 is 11.3 Å². The van der Waals surface area contributed by atoms with E-state index in [1.165, 1.54) is 0 Å². The van der Waals surface area contributed by atoms with Crippen molar-refractivity contribution in [3.05, 3.63) is 16.3 Å². The number of hydrogen-bond acceptors (Lipinski definition) is 4. The summed E-state index contributed by atoms with van der Waals surface area (Å²) in [6, 6.07) is 0.867. The monoisotopic (exact) mass is 345 g/mol. The molecule has 5 nitrogen and oxygen atoms in total. The number of carboxylic acids is 1. The smallest absolute Gasteiger partial charge is 0.402 e. The van der Waals surface area contributed by atoms with Crippen LogP contribution in [0.15, 0.2) is 16.3 Å². The SMILES string of the molecule is CC(C)CN(CC(F)(F)F)S(=O)(=O)c1csc(C(=O)O)c1. The number of hydrogen-bond donors (Lipinski definition) is 1. The molecule has 10 heteroatoms. The molecule has 0 aliphatic heterocycles. The fraction of sp³-hybridized carbons (Fsp3) is 0.545. The van der Waals surface area contributed by atoms with Gasteiger partial charge in [-0.05, 0) is 12.0 Å². The maximum Gasteiger partial charge on any atom is 0.402 e. The highest BCUT2D eigenvalue weighted by atomic mass is 32.2. The van der Waals surface area contributed by atoms with E-state index in [4.69, 9.17) is 5.11 Å². The Hall–Kier alpha value is -1.13. The lowest BCUT2D eigenvalue weighted by Gasteiger charge is -2.24. The highest BCUT2D eigenvalue weighted by Gasteiger charge is 2.37. The van der Waals surface area contributed by atoms with Crippen molar-refractivity contribution in [2.24, 2.45) is 5.92 Å². The molecule has 1 heterocycles. The predicted molar refractivity (Wildman–Crippen MR) is 70.9 cm³/mol. The van der Waals surface area contributed by atoms with Gasteiger partial charge in [-0.15, -0.1) is 11.3 Å². The third-order valence-corrected chi connectivity index (χ3v) is 5.21. The summed E-state index contributed by atoms with van der Waals surface area (Å²) in [5.41, 5.74) is 0. The van der Waals surface area contributed by atoms with Gasteiger partial charge in [0, 0.05) is 11.9 Å². The molecule has 1 aromatic heterocycles. The van der Waals surface area contributed by atoms with E-state index in [2.05, 4.69) is 0 Å². The first-order chi connectivity index (χ1) is 9.43. The topological polar surface area (TPSA) is 74.7 Å². The second-order valence-electron chi connectivity index (χ2n) is 4.76. The van der Waals surface area contributed by atoms with Crippen LogP contribution in [0.25, 0.3) is 0 Å². The van der Waals surface area contributed by atoms with Crippen LogP contribution in [-0.4, -0.2) is 43.1 Å². The van der Waals surface area contributed by atoms with Crippen LogP contribution in [0.2, 0.25) is 0 Å². The van der Waals surface area contributed by atoms with Crippen LogP contribution in [0.4, 0.5) is 13.2 Å². The third-order valence-electron chi connectivity index (χ3n) is 2.35. The number of alkyl halides is 3. The van der Waals surface area contributed by atoms with E-state index in [9.17, 15) is 26.4 Å². The Labute approximate surface area is 124 Å². The second kappa shape index (κ2) is 6.32. The zero-order valence-corrected chi connectivity index (χ0v) is 12.8. The number of carbonyl (C=O) groups is 1. The van der Waals surface area contributed by atoms with E-state index in [-0.39, 0.29) is 17.3 Å². The molecule has 120 valence electrons. The molecule has 0 saturated carbocycles. The molecule has 0 aromatic carbocycles. The summed E-state index contributed by atoms with van der Waals surface area (Å²) in [5.74, 6) is -1.63. The highest BCUT2D eigenvalue weighted by Crippen LogP contribution is 2.26. The minimum absolute atomic E-state index is 0.245. The van der Waals surface area contributed by atoms with Gasteiger partial charge < -0.3 is 5.11 Å². The van der Waals surface area contributed by atoms with Crippen molar-refractivity contribution in [1.82, 2.24) is 4.31 Å². The highest BCUT2D eigenvalue weighted by molar-refractivity contribution is 7.89. The Morgan fingerprint density at radius 3 is 2.38 bits per heavy atom. The van der Waals surface area contributed by atoms with Crippen LogP contribution in [0.5, 0.6) is 0 Å². The average Bonchev–Trinajstić information content (AvgIpc) is 2.75. The summed E-state index contributed by atoms with van der Waals surface area (Å²) < 4.78 is 62.4. The first kappa shape index (κ1) is 17.9. The number of carboxylic acid groups (broad SMARTS) is 1. The van der Waals surface area contributed by atoms with Gasteiger partial charge in [-0.2, -0.15) is 17.5 Å². The van der Waals surface area contributed by atoms with E-state index in [1.807, 2.05) is 0 Å². The maximum atomic E-state index is 12.5. The predicted octanol–water partition coefficient (Wildman–Crippen LogP) is 2.66. The minimum Gasteiger partial charge on any atom is -0.477 e. The van der Waals surface area contributed by atoms with Gasteiger partial charge in [-0.3, -0.25) is 0 Å². The second-order valence-corrected chi connectivity index (χ2v) is 7.61. The summed E-state index contributed by atoms with van der Waals surface area (Å²) in [7, 11) is -4.38. The number of rotatable bonds is 6. The van der Waals surface area contributed by atoms with Gasteiger partial charge in [-0.1, -0.05) is 13.8 Å². The molecule has 21 heavy (non-hydrogen) atoms. The molecule has 0 radical (unpaired) electrons. The molecule has 1 aromatic rings. The zero-order valence-electron chi connectivity index (χ0n) is 11.2. The summed E-state index contributed by atoms with van der Waals surface area (Å²) in [6.45, 7) is 1.27. The van der Waals surface area contributed by atoms with E-state index < -0.39 is 33.6 Å². The first-order valence-corrected chi connectivity index (χ1v) is 8.14. The lowest BCUT2D eigenvalue weighted by molar-refractivity contribution is -0.136. The van der Waals surface area contributed by atoms with E-state index in [0.717, 1.165) is 11.4 Å². The minimum atomic E-state index is -4.67. The lowest BCUT2D eigenvalue weighted by atomic mass is 10.2. The Bertz CT molecular complexity index is 607. The Morgan fingerprint density at radius 2 is 2.00 bits per heavy atom. The Kier molecular flexibility index (Phi) is 5.40. The maximum absolute atomic E-state index is 12.5. The van der Waals surface area contributed by atoms with Crippen LogP contribution in [0.3, 0.4) is 0 Å². The molecule has 0 amide bonds. The molecule has 0 spiro atoms. The Morgan fingerprint density at radius 1 is 1.43 bits per heavy atom. The summed E-state index contributed by atoms with van der Waals surface area (Å²) >= 11 is 0.652. The summed E-state index contributed by atoms with van der Waals surface area (Å²) in [6.07, 6.45) is -4.67. The van der Waals surface area contributed by atoms with Crippen molar-refractivity contribution >= 4 is 27.3 Å². The number of nitrogens with zero attached hydrogens (tertiary/aromatic N) is 1. The van der Waals surface area contributed by atoms with Crippen molar-refractivity contribution in [2.45, 2.75) is 24.9 Å². The molecule has 0 fully saturated rings. The van der Waals surface area contributed by atoms with Crippen molar-refractivity contribution in [3.8, 4) is 0 Å². The molecule has 0 aliphatic rings. The normalized spacial score (nSPS) is 13.1. The fourth-order valence-corrected chi connectivity index (χ4v) is 4.26. The molecule has 0 saturated heterocycles. The Balaban J connectivity index is 3.16. The number of thiophene rings is 1. The molecular weight excluding hydrogens is 331 g/mol. The summed E-state index contributed by atoms with van der Waals surface area (Å²) in [4.78, 5) is 10.1. The van der Waals surface area contributed by atoms with Crippen molar-refractivity contribution in [2.75, 3.05) is 13.1 Å². The van der Waals surface area contributed by atoms with Gasteiger partial charge in [0.25, 0.3) is 0 Å². The van der Waals surface area contributed by atoms with Crippen LogP contribution in [0.1, 0.15) is 23.5 Å². The van der Waals surface area contributed by atoms with Gasteiger partial charge in [0.15, 0.2) is 0 Å². The van der Waals surface area contributed by atoms with Gasteiger partial charge in [-0.25, -0.2) is 13.2 Å². The zero-order chi connectivity index (χ0) is 16.4. The molecule has 0 unspecified atom stereocenters. The van der Waals surface area contributed by atoms with Crippen LogP contribution in [-0.2, 0) is 10.0 Å². The average molecular weight is 345 g/mol. The van der Waals surface area contributed by atoms with Gasteiger partial charge in [0.1, 0.15) is 11.4 Å². The standard InChI is InChI=1S/C11H14F3NO4S2/c1-7(2)4-15(6-11(12,13)14)21(18,19)8-3-9(10(16)17)20-5-8/h3,5,7H,4,6H2,1-2H3,(H,16,17). The number of sulfonamides is 1. The van der Waals surface area contributed by atoms with Crippen LogP contribution in [0, 0.1) is 5.92 Å². The molecular formula is C11H14F3NO4S2. The van der Waals surface area contributed by atoms with E-state index in [1.54, 1.807) is 13.8 Å². The van der Waals surface area contributed by atoms with Crippen molar-refractivity contribution < 1.29 is 31.5 Å². The fourth-order valence-electron chi connectivity index (χ4n) is 1.57.